The number of thiophene rings is 1. The summed E-state index contributed by atoms with van der Waals surface area (Å²) in [5.41, 5.74) is -0.707. The SMILES string of the molecule is O=C(COC(=O)c1csc(-c2ccsc2)n1)Nc1ccc(Cl)cc1C(F)(F)F. The predicted molar refractivity (Wildman–Crippen MR) is 101 cm³/mol. The minimum absolute atomic E-state index is 0.0153. The van der Waals surface area contributed by atoms with Gasteiger partial charge in [0, 0.05) is 21.3 Å². The summed E-state index contributed by atoms with van der Waals surface area (Å²) >= 11 is 8.30. The van der Waals surface area contributed by atoms with Crippen molar-refractivity contribution in [2.45, 2.75) is 6.18 Å². The fourth-order valence-electron chi connectivity index (χ4n) is 2.14. The minimum Gasteiger partial charge on any atom is -0.451 e. The van der Waals surface area contributed by atoms with Crippen LogP contribution in [-0.4, -0.2) is 23.5 Å². The first-order valence-corrected chi connectivity index (χ1v) is 9.76. The smallest absolute Gasteiger partial charge is 0.418 e. The number of aromatic nitrogens is 1. The van der Waals surface area contributed by atoms with Gasteiger partial charge in [-0.1, -0.05) is 11.6 Å². The van der Waals surface area contributed by atoms with Crippen LogP contribution in [0.15, 0.2) is 40.4 Å². The van der Waals surface area contributed by atoms with Crippen molar-refractivity contribution in [1.29, 1.82) is 0 Å². The Balaban J connectivity index is 1.61. The van der Waals surface area contributed by atoms with Crippen molar-refractivity contribution in [3.8, 4) is 10.6 Å². The number of anilines is 1. The van der Waals surface area contributed by atoms with Gasteiger partial charge < -0.3 is 10.1 Å². The van der Waals surface area contributed by atoms with Gasteiger partial charge in [-0.3, -0.25) is 4.79 Å². The Kier molecular flexibility index (Phi) is 6.01. The van der Waals surface area contributed by atoms with Gasteiger partial charge >= 0.3 is 12.1 Å². The summed E-state index contributed by atoms with van der Waals surface area (Å²) in [5, 5.41) is 7.78. The molecule has 146 valence electrons. The molecule has 1 aromatic carbocycles. The van der Waals surface area contributed by atoms with E-state index in [4.69, 9.17) is 16.3 Å². The maximum atomic E-state index is 13.0. The zero-order valence-corrected chi connectivity index (χ0v) is 16.1. The Morgan fingerprint density at radius 3 is 2.68 bits per heavy atom. The van der Waals surface area contributed by atoms with Gasteiger partial charge in [0.1, 0.15) is 5.01 Å². The summed E-state index contributed by atoms with van der Waals surface area (Å²) in [5.74, 6) is -1.77. The van der Waals surface area contributed by atoms with E-state index in [0.29, 0.717) is 11.1 Å². The van der Waals surface area contributed by atoms with Gasteiger partial charge in [-0.15, -0.1) is 11.3 Å². The molecule has 2 aromatic heterocycles. The fraction of sp³-hybridized carbons (Fsp3) is 0.118. The molecule has 0 bridgehead atoms. The molecule has 1 amide bonds. The van der Waals surface area contributed by atoms with Crippen LogP contribution in [0.3, 0.4) is 0 Å². The van der Waals surface area contributed by atoms with Gasteiger partial charge in [0.2, 0.25) is 0 Å². The Morgan fingerprint density at radius 1 is 1.21 bits per heavy atom. The molecule has 3 aromatic rings. The third-order valence-corrected chi connectivity index (χ3v) is 5.19. The van der Waals surface area contributed by atoms with Gasteiger partial charge in [0.25, 0.3) is 5.91 Å². The van der Waals surface area contributed by atoms with Crippen LogP contribution in [0.25, 0.3) is 10.6 Å². The summed E-state index contributed by atoms with van der Waals surface area (Å²) in [4.78, 5) is 28.0. The molecule has 2 heterocycles. The first-order chi connectivity index (χ1) is 13.2. The minimum atomic E-state index is -4.71. The van der Waals surface area contributed by atoms with Gasteiger partial charge in [-0.2, -0.15) is 24.5 Å². The summed E-state index contributed by atoms with van der Waals surface area (Å²) in [6.07, 6.45) is -4.71. The number of alkyl halides is 3. The summed E-state index contributed by atoms with van der Waals surface area (Å²) in [6, 6.07) is 4.78. The summed E-state index contributed by atoms with van der Waals surface area (Å²) < 4.78 is 43.9. The third-order valence-electron chi connectivity index (χ3n) is 3.38. The van der Waals surface area contributed by atoms with E-state index in [1.54, 1.807) is 0 Å². The van der Waals surface area contributed by atoms with Gasteiger partial charge in [-0.25, -0.2) is 9.78 Å². The van der Waals surface area contributed by atoms with E-state index < -0.39 is 35.9 Å². The van der Waals surface area contributed by atoms with E-state index in [1.165, 1.54) is 34.1 Å². The number of carbonyl (C=O) groups is 2. The molecule has 0 fully saturated rings. The Hall–Kier alpha value is -2.43. The van der Waals surface area contributed by atoms with Gasteiger partial charge in [-0.05, 0) is 29.6 Å². The average molecular weight is 447 g/mol. The third kappa shape index (κ3) is 4.89. The lowest BCUT2D eigenvalue weighted by atomic mass is 10.1. The lowest BCUT2D eigenvalue weighted by Crippen LogP contribution is -2.23. The predicted octanol–water partition coefficient (Wildman–Crippen LogP) is 5.34. The number of esters is 1. The van der Waals surface area contributed by atoms with Crippen LogP contribution in [0.2, 0.25) is 5.02 Å². The lowest BCUT2D eigenvalue weighted by Gasteiger charge is -2.14. The van der Waals surface area contributed by atoms with E-state index in [0.717, 1.165) is 11.6 Å². The van der Waals surface area contributed by atoms with Crippen molar-refractivity contribution in [3.63, 3.8) is 0 Å². The van der Waals surface area contributed by atoms with Crippen LogP contribution in [-0.2, 0) is 15.7 Å². The number of hydrogen-bond acceptors (Lipinski definition) is 6. The summed E-state index contributed by atoms with van der Waals surface area (Å²) in [6.45, 7) is -0.760. The zero-order chi connectivity index (χ0) is 20.3. The fourth-order valence-corrected chi connectivity index (χ4v) is 3.81. The standard InChI is InChI=1S/C17H10ClF3N2O3S2/c18-10-1-2-12(11(5-10)17(19,20)21)22-14(24)6-26-16(25)13-8-28-15(23-13)9-3-4-27-7-9/h1-5,7-8H,6H2,(H,22,24). The van der Waals surface area contributed by atoms with E-state index in [9.17, 15) is 22.8 Å². The molecule has 0 aliphatic heterocycles. The molecule has 5 nitrogen and oxygen atoms in total. The molecule has 0 unspecified atom stereocenters. The number of nitrogens with one attached hydrogen (secondary N) is 1. The highest BCUT2D eigenvalue weighted by Gasteiger charge is 2.34. The molecule has 0 spiro atoms. The second-order valence-corrected chi connectivity index (χ2v) is 7.44. The van der Waals surface area contributed by atoms with Crippen LogP contribution in [0.1, 0.15) is 16.1 Å². The van der Waals surface area contributed by atoms with Crippen molar-refractivity contribution in [1.82, 2.24) is 4.98 Å². The summed E-state index contributed by atoms with van der Waals surface area (Å²) in [7, 11) is 0. The lowest BCUT2D eigenvalue weighted by molar-refractivity contribution is -0.137. The number of halogens is 4. The van der Waals surface area contributed by atoms with Gasteiger partial charge in [0.05, 0.1) is 11.3 Å². The van der Waals surface area contributed by atoms with Gasteiger partial charge in [0.15, 0.2) is 12.3 Å². The monoisotopic (exact) mass is 446 g/mol. The number of carbonyl (C=O) groups excluding carboxylic acids is 2. The highest BCUT2D eigenvalue weighted by molar-refractivity contribution is 7.14. The van der Waals surface area contributed by atoms with Crippen molar-refractivity contribution < 1.29 is 27.5 Å². The number of nitrogens with zero attached hydrogens (tertiary/aromatic N) is 1. The normalized spacial score (nSPS) is 11.3. The van der Waals surface area contributed by atoms with Crippen molar-refractivity contribution in [2.24, 2.45) is 0 Å². The van der Waals surface area contributed by atoms with Crippen LogP contribution in [0.4, 0.5) is 18.9 Å². The Labute approximate surface area is 169 Å². The largest absolute Gasteiger partial charge is 0.451 e. The molecule has 0 atom stereocenters. The number of rotatable bonds is 5. The van der Waals surface area contributed by atoms with Crippen LogP contribution < -0.4 is 5.32 Å². The van der Waals surface area contributed by atoms with E-state index in [1.807, 2.05) is 16.8 Å². The molecule has 28 heavy (non-hydrogen) atoms. The molecule has 11 heteroatoms. The van der Waals surface area contributed by atoms with E-state index >= 15 is 0 Å². The van der Waals surface area contributed by atoms with Crippen LogP contribution in [0, 0.1) is 0 Å². The number of hydrogen-bond donors (Lipinski definition) is 1. The Bertz CT molecular complexity index is 1000. The molecule has 0 saturated heterocycles. The number of thiazole rings is 1. The maximum absolute atomic E-state index is 13.0. The molecule has 0 saturated carbocycles. The molecular formula is C17H10ClF3N2O3S2. The first-order valence-electron chi connectivity index (χ1n) is 7.56. The second kappa shape index (κ2) is 8.29. The van der Waals surface area contributed by atoms with Crippen LogP contribution in [0.5, 0.6) is 0 Å². The van der Waals surface area contributed by atoms with Crippen molar-refractivity contribution >= 4 is 51.8 Å². The number of amides is 1. The van der Waals surface area contributed by atoms with Crippen molar-refractivity contribution in [3.05, 3.63) is 56.7 Å². The first kappa shape index (κ1) is 20.3. The highest BCUT2D eigenvalue weighted by Crippen LogP contribution is 2.36. The molecule has 0 aliphatic rings. The highest BCUT2D eigenvalue weighted by atomic mass is 35.5. The quantitative estimate of drug-likeness (QED) is 0.537. The topological polar surface area (TPSA) is 68.3 Å². The molecule has 0 radical (unpaired) electrons. The molecule has 0 aliphatic carbocycles. The van der Waals surface area contributed by atoms with Crippen molar-refractivity contribution in [2.75, 3.05) is 11.9 Å². The number of benzene rings is 1. The van der Waals surface area contributed by atoms with E-state index in [2.05, 4.69) is 10.3 Å². The molecular weight excluding hydrogens is 437 g/mol. The Morgan fingerprint density at radius 2 is 2.00 bits per heavy atom. The van der Waals surface area contributed by atoms with E-state index in [-0.39, 0.29) is 10.7 Å². The average Bonchev–Trinajstić information content (AvgIpc) is 3.31. The maximum Gasteiger partial charge on any atom is 0.418 e. The van der Waals surface area contributed by atoms with Crippen LogP contribution >= 0.6 is 34.3 Å². The zero-order valence-electron chi connectivity index (χ0n) is 13.7. The molecule has 1 N–H and O–H groups in total. The number of ether oxygens (including phenoxy) is 1. The second-order valence-electron chi connectivity index (χ2n) is 5.36. The molecule has 3 rings (SSSR count).